The predicted octanol–water partition coefficient (Wildman–Crippen LogP) is 1.10. The number of rotatable bonds is 3. The Kier molecular flexibility index (Phi) is 3.27. The van der Waals surface area contributed by atoms with Gasteiger partial charge in [0.2, 0.25) is 0 Å². The predicted molar refractivity (Wildman–Crippen MR) is 102 cm³/mol. The number of nitrogens with zero attached hydrogens (tertiary/aromatic N) is 1. The van der Waals surface area contributed by atoms with E-state index in [1.807, 2.05) is 6.07 Å². The first kappa shape index (κ1) is 17.5. The van der Waals surface area contributed by atoms with Gasteiger partial charge >= 0.3 is 0 Å². The highest BCUT2D eigenvalue weighted by molar-refractivity contribution is 5.64. The van der Waals surface area contributed by atoms with E-state index in [2.05, 4.69) is 18.0 Å². The molecule has 4 bridgehead atoms. The third-order valence-electron chi connectivity index (χ3n) is 9.21. The lowest BCUT2D eigenvalue weighted by Gasteiger charge is -2.74. The number of methoxy groups -OCH3 is 2. The van der Waals surface area contributed by atoms with Crippen LogP contribution in [0.5, 0.6) is 11.5 Å². The van der Waals surface area contributed by atoms with Gasteiger partial charge in [-0.05, 0) is 44.5 Å². The van der Waals surface area contributed by atoms with Gasteiger partial charge in [0.1, 0.15) is 11.7 Å². The smallest absolute Gasteiger partial charge is 0.165 e. The Bertz CT molecular complexity index is 860. The molecule has 0 aromatic heterocycles. The molecule has 1 aromatic rings. The first-order valence-electron chi connectivity index (χ1n) is 10.4. The lowest BCUT2D eigenvalue weighted by atomic mass is 9.34. The molecule has 0 amide bonds. The molecule has 2 spiro atoms. The summed E-state index contributed by atoms with van der Waals surface area (Å²) in [4.78, 5) is 2.43. The first-order chi connectivity index (χ1) is 13.5. The zero-order valence-electron chi connectivity index (χ0n) is 16.8. The molecule has 3 saturated carbocycles. The minimum absolute atomic E-state index is 0.0464. The Morgan fingerprint density at radius 1 is 1.29 bits per heavy atom. The molecule has 4 aliphatic carbocycles. The Morgan fingerprint density at radius 2 is 2.11 bits per heavy atom. The topological polar surface area (TPSA) is 71.4 Å². The van der Waals surface area contributed by atoms with Gasteiger partial charge in [0, 0.05) is 43.1 Å². The van der Waals surface area contributed by atoms with Gasteiger partial charge in [-0.25, -0.2) is 0 Å². The molecule has 1 saturated heterocycles. The van der Waals surface area contributed by atoms with Gasteiger partial charge in [-0.3, -0.25) is 0 Å². The number of benzene rings is 1. The second-order valence-electron chi connectivity index (χ2n) is 9.55. The Balaban J connectivity index is 1.71. The molecule has 0 radical (unpaired) electrons. The normalized spacial score (nSPS) is 47.6. The SMILES string of the molecule is COc1ccc2c3c1O[C@H]1[C@@]4(OC)C[C@H](O)[C@@]5(C[C@@H]4CO)[C@@H](C2)N(C)CC[C@]315. The maximum atomic E-state index is 11.6. The summed E-state index contributed by atoms with van der Waals surface area (Å²) in [7, 11) is 5.58. The van der Waals surface area contributed by atoms with Crippen LogP contribution in [0.1, 0.15) is 30.4 Å². The van der Waals surface area contributed by atoms with E-state index in [9.17, 15) is 10.2 Å². The molecule has 4 fully saturated rings. The summed E-state index contributed by atoms with van der Waals surface area (Å²) in [6.45, 7) is 1.02. The van der Waals surface area contributed by atoms with Crippen molar-refractivity contribution < 1.29 is 24.4 Å². The number of hydrogen-bond donors (Lipinski definition) is 2. The zero-order chi connectivity index (χ0) is 19.5. The van der Waals surface area contributed by atoms with Gasteiger partial charge < -0.3 is 29.3 Å². The number of aliphatic hydroxyl groups is 2. The average molecular weight is 387 g/mol. The van der Waals surface area contributed by atoms with Gasteiger partial charge in [0.05, 0.1) is 18.6 Å². The molecular weight excluding hydrogens is 358 g/mol. The molecule has 2 heterocycles. The highest BCUT2D eigenvalue weighted by atomic mass is 16.6. The monoisotopic (exact) mass is 387 g/mol. The van der Waals surface area contributed by atoms with Crippen molar-refractivity contribution in [3.8, 4) is 11.5 Å². The number of fused-ring (bicyclic) bond motifs is 2. The van der Waals surface area contributed by atoms with Crippen LogP contribution in [0, 0.1) is 11.3 Å². The molecular formula is C22H29NO5. The number of aliphatic hydroxyl groups excluding tert-OH is 2. The van der Waals surface area contributed by atoms with Crippen LogP contribution in [0.25, 0.3) is 0 Å². The second-order valence-corrected chi connectivity index (χ2v) is 9.55. The van der Waals surface area contributed by atoms with E-state index in [1.54, 1.807) is 14.2 Å². The Labute approximate surface area is 165 Å². The van der Waals surface area contributed by atoms with E-state index in [4.69, 9.17) is 14.2 Å². The van der Waals surface area contributed by atoms with Gasteiger partial charge in [-0.1, -0.05) is 6.07 Å². The number of likely N-dealkylation sites (N-methyl/N-ethyl adjacent to an activating group) is 1. The summed E-state index contributed by atoms with van der Waals surface area (Å²) in [5.74, 6) is 1.55. The van der Waals surface area contributed by atoms with Crippen molar-refractivity contribution in [2.24, 2.45) is 11.3 Å². The van der Waals surface area contributed by atoms with Crippen molar-refractivity contribution in [3.63, 3.8) is 0 Å². The van der Waals surface area contributed by atoms with Crippen LogP contribution in [0.15, 0.2) is 12.1 Å². The van der Waals surface area contributed by atoms with E-state index >= 15 is 0 Å². The minimum atomic E-state index is -0.685. The van der Waals surface area contributed by atoms with Crippen LogP contribution >= 0.6 is 0 Å². The summed E-state index contributed by atoms with van der Waals surface area (Å²) < 4.78 is 18.6. The van der Waals surface area contributed by atoms with Crippen molar-refractivity contribution in [1.29, 1.82) is 0 Å². The van der Waals surface area contributed by atoms with Gasteiger partial charge in [0.15, 0.2) is 11.5 Å². The number of piperidine rings is 1. The van der Waals surface area contributed by atoms with Gasteiger partial charge in [-0.15, -0.1) is 0 Å². The summed E-state index contributed by atoms with van der Waals surface area (Å²) in [6.07, 6.45) is 2.42. The summed E-state index contributed by atoms with van der Waals surface area (Å²) in [6, 6.07) is 4.43. The molecule has 1 aromatic carbocycles. The van der Waals surface area contributed by atoms with Crippen molar-refractivity contribution in [2.45, 2.75) is 54.9 Å². The van der Waals surface area contributed by atoms with E-state index in [-0.39, 0.29) is 35.5 Å². The highest BCUT2D eigenvalue weighted by Crippen LogP contribution is 2.76. The lowest BCUT2D eigenvalue weighted by Crippen LogP contribution is -2.84. The van der Waals surface area contributed by atoms with Crippen LogP contribution in [0.4, 0.5) is 0 Å². The average Bonchev–Trinajstić information content (AvgIpc) is 3.07. The van der Waals surface area contributed by atoms with Crippen LogP contribution in [-0.4, -0.2) is 73.4 Å². The van der Waals surface area contributed by atoms with E-state index in [0.717, 1.165) is 37.3 Å². The molecule has 6 heteroatoms. The molecule has 6 nitrogen and oxygen atoms in total. The Morgan fingerprint density at radius 3 is 2.82 bits per heavy atom. The summed E-state index contributed by atoms with van der Waals surface area (Å²) in [5.41, 5.74) is 1.25. The molecule has 7 rings (SSSR count). The fourth-order valence-electron chi connectivity index (χ4n) is 8.22. The largest absolute Gasteiger partial charge is 0.493 e. The van der Waals surface area contributed by atoms with Crippen LogP contribution in [0.2, 0.25) is 0 Å². The third kappa shape index (κ3) is 1.51. The molecule has 6 aliphatic rings. The first-order valence-corrected chi connectivity index (χ1v) is 10.4. The van der Waals surface area contributed by atoms with Crippen molar-refractivity contribution in [1.82, 2.24) is 4.90 Å². The van der Waals surface area contributed by atoms with Crippen LogP contribution in [0.3, 0.4) is 0 Å². The molecule has 152 valence electrons. The minimum Gasteiger partial charge on any atom is -0.493 e. The van der Waals surface area contributed by atoms with Crippen molar-refractivity contribution in [2.75, 3.05) is 34.4 Å². The van der Waals surface area contributed by atoms with Gasteiger partial charge in [-0.2, -0.15) is 0 Å². The highest BCUT2D eigenvalue weighted by Gasteiger charge is 2.83. The number of ether oxygens (including phenoxy) is 3. The van der Waals surface area contributed by atoms with Crippen molar-refractivity contribution in [3.05, 3.63) is 23.3 Å². The van der Waals surface area contributed by atoms with Crippen molar-refractivity contribution >= 4 is 0 Å². The van der Waals surface area contributed by atoms with Crippen LogP contribution < -0.4 is 9.47 Å². The van der Waals surface area contributed by atoms with Gasteiger partial charge in [0.25, 0.3) is 0 Å². The second kappa shape index (κ2) is 5.22. The van der Waals surface area contributed by atoms with E-state index in [1.165, 1.54) is 11.1 Å². The Hall–Kier alpha value is -1.34. The molecule has 2 aliphatic heterocycles. The third-order valence-corrected chi connectivity index (χ3v) is 9.21. The molecule has 0 unspecified atom stereocenters. The molecule has 2 N–H and O–H groups in total. The fraction of sp³-hybridized carbons (Fsp3) is 0.727. The van der Waals surface area contributed by atoms with E-state index < -0.39 is 11.7 Å². The van der Waals surface area contributed by atoms with E-state index in [0.29, 0.717) is 6.42 Å². The number of likely N-dealkylation sites (tertiary alicyclic amines) is 1. The fourth-order valence-corrected chi connectivity index (χ4v) is 8.22. The standard InChI is InChI=1S/C22H29NO5/c1-23-7-6-20-17-12-4-5-14(26-2)18(17)28-19(20)22(27-3)10-16(25)21(20,15(23)8-12)9-13(22)11-24/h4-5,13,15-16,19,24-25H,6-11H2,1-3H3/t13-,15-,16+,19-,20+,21-,22-/m1/s1. The zero-order valence-corrected chi connectivity index (χ0v) is 16.8. The quantitative estimate of drug-likeness (QED) is 0.810. The summed E-state index contributed by atoms with van der Waals surface area (Å²) >= 11 is 0. The number of hydrogen-bond acceptors (Lipinski definition) is 6. The van der Waals surface area contributed by atoms with Crippen LogP contribution in [-0.2, 0) is 16.6 Å². The molecule has 7 atom stereocenters. The maximum absolute atomic E-state index is 11.6. The summed E-state index contributed by atoms with van der Waals surface area (Å²) in [5, 5.41) is 22.0. The molecule has 28 heavy (non-hydrogen) atoms. The maximum Gasteiger partial charge on any atom is 0.165 e. The lowest BCUT2D eigenvalue weighted by molar-refractivity contribution is -0.314.